The Balaban J connectivity index is 1.69. The molecule has 0 saturated heterocycles. The zero-order valence-electron chi connectivity index (χ0n) is 13.3. The predicted molar refractivity (Wildman–Crippen MR) is 87.9 cm³/mol. The molecule has 24 heavy (non-hydrogen) atoms. The quantitative estimate of drug-likeness (QED) is 0.794. The van der Waals surface area contributed by atoms with Crippen LogP contribution < -0.4 is 5.32 Å². The molecule has 2 aromatic carbocycles. The summed E-state index contributed by atoms with van der Waals surface area (Å²) in [4.78, 5) is 16.2. The van der Waals surface area contributed by atoms with Gasteiger partial charge in [0.1, 0.15) is 5.82 Å². The summed E-state index contributed by atoms with van der Waals surface area (Å²) < 4.78 is 18.7. The number of anilines is 1. The second kappa shape index (κ2) is 6.62. The summed E-state index contributed by atoms with van der Waals surface area (Å²) in [5, 5.41) is 6.52. The van der Waals surface area contributed by atoms with E-state index in [2.05, 4.69) is 15.5 Å². The molecule has 3 aromatic rings. The van der Waals surface area contributed by atoms with E-state index in [0.29, 0.717) is 5.69 Å². The first-order valence-corrected chi connectivity index (χ1v) is 7.47. The maximum absolute atomic E-state index is 13.7. The molecule has 3 rings (SSSR count). The second-order valence-corrected chi connectivity index (χ2v) is 5.52. The highest BCUT2D eigenvalue weighted by molar-refractivity contribution is 5.91. The molecule has 1 aromatic heterocycles. The Hall–Kier alpha value is -3.02. The van der Waals surface area contributed by atoms with Gasteiger partial charge in [0.05, 0.1) is 12.0 Å². The molecule has 1 N–H and O–H groups in total. The Kier molecular flexibility index (Phi) is 4.37. The molecule has 1 heterocycles. The lowest BCUT2D eigenvalue weighted by molar-refractivity contribution is -0.115. The topological polar surface area (TPSA) is 68.0 Å². The third kappa shape index (κ3) is 3.48. The summed E-state index contributed by atoms with van der Waals surface area (Å²) in [5.74, 6) is -0.455. The standard InChI is InChI=1S/C18H16FN3O2/c1-11-7-8-13(9-12(11)2)20-17(23)10-16-21-18(24-22-16)14-5-3-4-6-15(14)19/h3-9H,10H2,1-2H3,(H,20,23). The third-order valence-corrected chi connectivity index (χ3v) is 3.68. The number of hydrogen-bond donors (Lipinski definition) is 1. The molecule has 5 nitrogen and oxygen atoms in total. The number of benzene rings is 2. The van der Waals surface area contributed by atoms with Crippen LogP contribution >= 0.6 is 0 Å². The van der Waals surface area contributed by atoms with Crippen molar-refractivity contribution in [1.82, 2.24) is 10.1 Å². The van der Waals surface area contributed by atoms with Gasteiger partial charge in [-0.15, -0.1) is 0 Å². The highest BCUT2D eigenvalue weighted by atomic mass is 19.1. The first-order chi connectivity index (χ1) is 11.5. The van der Waals surface area contributed by atoms with Gasteiger partial charge >= 0.3 is 0 Å². The van der Waals surface area contributed by atoms with E-state index in [1.165, 1.54) is 6.07 Å². The van der Waals surface area contributed by atoms with Crippen molar-refractivity contribution < 1.29 is 13.7 Å². The first-order valence-electron chi connectivity index (χ1n) is 7.47. The van der Waals surface area contributed by atoms with E-state index in [-0.39, 0.29) is 29.6 Å². The van der Waals surface area contributed by atoms with Gasteiger partial charge in [0.25, 0.3) is 5.89 Å². The maximum atomic E-state index is 13.7. The van der Waals surface area contributed by atoms with E-state index in [1.807, 2.05) is 32.0 Å². The molecule has 0 aliphatic heterocycles. The molecule has 0 atom stereocenters. The summed E-state index contributed by atoms with van der Waals surface area (Å²) in [7, 11) is 0. The Morgan fingerprint density at radius 2 is 1.96 bits per heavy atom. The molecule has 6 heteroatoms. The van der Waals surface area contributed by atoms with Crippen LogP contribution in [0.3, 0.4) is 0 Å². The van der Waals surface area contributed by atoms with Gasteiger partial charge in [-0.3, -0.25) is 4.79 Å². The number of carbonyl (C=O) groups excluding carboxylic acids is 1. The Bertz CT molecular complexity index is 889. The van der Waals surface area contributed by atoms with E-state index in [9.17, 15) is 9.18 Å². The number of carbonyl (C=O) groups is 1. The molecule has 0 fully saturated rings. The Morgan fingerprint density at radius 1 is 1.17 bits per heavy atom. The first kappa shape index (κ1) is 15.9. The summed E-state index contributed by atoms with van der Waals surface area (Å²) in [6, 6.07) is 11.8. The fraction of sp³-hybridized carbons (Fsp3) is 0.167. The minimum atomic E-state index is -0.452. The van der Waals surface area contributed by atoms with E-state index < -0.39 is 5.82 Å². The monoisotopic (exact) mass is 325 g/mol. The van der Waals surface area contributed by atoms with Crippen molar-refractivity contribution in [1.29, 1.82) is 0 Å². The number of amides is 1. The van der Waals surface area contributed by atoms with Crippen LogP contribution in [0.25, 0.3) is 11.5 Å². The molecular formula is C18H16FN3O2. The zero-order valence-corrected chi connectivity index (χ0v) is 13.3. The molecule has 122 valence electrons. The number of aromatic nitrogens is 2. The smallest absolute Gasteiger partial charge is 0.260 e. The van der Waals surface area contributed by atoms with Gasteiger partial charge in [0.15, 0.2) is 5.82 Å². The van der Waals surface area contributed by atoms with Crippen LogP contribution in [0.1, 0.15) is 17.0 Å². The van der Waals surface area contributed by atoms with Gasteiger partial charge in [0, 0.05) is 5.69 Å². The van der Waals surface area contributed by atoms with E-state index in [0.717, 1.165) is 11.1 Å². The fourth-order valence-electron chi connectivity index (χ4n) is 2.24. The van der Waals surface area contributed by atoms with Crippen LogP contribution in [0.5, 0.6) is 0 Å². The number of hydrogen-bond acceptors (Lipinski definition) is 4. The number of rotatable bonds is 4. The number of nitrogens with one attached hydrogen (secondary N) is 1. The van der Waals surface area contributed by atoms with Crippen LogP contribution in [-0.4, -0.2) is 16.0 Å². The van der Waals surface area contributed by atoms with Crippen molar-refractivity contribution in [2.45, 2.75) is 20.3 Å². The highest BCUT2D eigenvalue weighted by Crippen LogP contribution is 2.20. The normalized spacial score (nSPS) is 10.6. The number of aryl methyl sites for hydroxylation is 2. The highest BCUT2D eigenvalue weighted by Gasteiger charge is 2.15. The largest absolute Gasteiger partial charge is 0.334 e. The van der Waals surface area contributed by atoms with E-state index >= 15 is 0 Å². The summed E-state index contributed by atoms with van der Waals surface area (Å²) in [6.45, 7) is 3.98. The average molecular weight is 325 g/mol. The van der Waals surface area contributed by atoms with Gasteiger partial charge in [-0.25, -0.2) is 4.39 Å². The van der Waals surface area contributed by atoms with Crippen molar-refractivity contribution in [2.75, 3.05) is 5.32 Å². The average Bonchev–Trinajstić information content (AvgIpc) is 2.99. The fourth-order valence-corrected chi connectivity index (χ4v) is 2.24. The summed E-state index contributed by atoms with van der Waals surface area (Å²) in [6.07, 6.45) is -0.0507. The molecular weight excluding hydrogens is 309 g/mol. The number of halogens is 1. The van der Waals surface area contributed by atoms with Crippen molar-refractivity contribution in [2.24, 2.45) is 0 Å². The Labute approximate surface area is 138 Å². The minimum Gasteiger partial charge on any atom is -0.334 e. The summed E-state index contributed by atoms with van der Waals surface area (Å²) >= 11 is 0. The molecule has 0 bridgehead atoms. The van der Waals surface area contributed by atoms with Crippen molar-refractivity contribution >= 4 is 11.6 Å². The lowest BCUT2D eigenvalue weighted by Gasteiger charge is -2.06. The van der Waals surface area contributed by atoms with Crippen molar-refractivity contribution in [3.63, 3.8) is 0 Å². The van der Waals surface area contributed by atoms with Crippen molar-refractivity contribution in [3.8, 4) is 11.5 Å². The van der Waals surface area contributed by atoms with Gasteiger partial charge in [-0.05, 0) is 49.2 Å². The molecule has 0 saturated carbocycles. The molecule has 0 spiro atoms. The predicted octanol–water partition coefficient (Wildman–Crippen LogP) is 3.67. The van der Waals surface area contributed by atoms with Crippen LogP contribution in [-0.2, 0) is 11.2 Å². The van der Waals surface area contributed by atoms with Gasteiger partial charge < -0.3 is 9.84 Å². The molecule has 0 radical (unpaired) electrons. The second-order valence-electron chi connectivity index (χ2n) is 5.52. The summed E-state index contributed by atoms with van der Waals surface area (Å²) in [5.41, 5.74) is 3.17. The lowest BCUT2D eigenvalue weighted by Crippen LogP contribution is -2.15. The zero-order chi connectivity index (χ0) is 17.1. The van der Waals surface area contributed by atoms with E-state index in [1.54, 1.807) is 18.2 Å². The molecule has 0 aliphatic carbocycles. The molecule has 1 amide bonds. The van der Waals surface area contributed by atoms with E-state index in [4.69, 9.17) is 4.52 Å². The molecule has 0 unspecified atom stereocenters. The van der Waals surface area contributed by atoms with Crippen molar-refractivity contribution in [3.05, 3.63) is 65.2 Å². The minimum absolute atomic E-state index is 0.0507. The van der Waals surface area contributed by atoms with Crippen LogP contribution in [0, 0.1) is 19.7 Å². The van der Waals surface area contributed by atoms with Crippen LogP contribution in [0.15, 0.2) is 47.0 Å². The lowest BCUT2D eigenvalue weighted by atomic mass is 10.1. The van der Waals surface area contributed by atoms with Gasteiger partial charge in [-0.2, -0.15) is 4.98 Å². The van der Waals surface area contributed by atoms with Gasteiger partial charge in [-0.1, -0.05) is 23.4 Å². The number of nitrogens with zero attached hydrogens (tertiary/aromatic N) is 2. The third-order valence-electron chi connectivity index (χ3n) is 3.68. The Morgan fingerprint density at radius 3 is 2.71 bits per heavy atom. The van der Waals surface area contributed by atoms with Crippen LogP contribution in [0.2, 0.25) is 0 Å². The van der Waals surface area contributed by atoms with Gasteiger partial charge in [0.2, 0.25) is 5.91 Å². The SMILES string of the molecule is Cc1ccc(NC(=O)Cc2noc(-c3ccccc3F)n2)cc1C. The maximum Gasteiger partial charge on any atom is 0.260 e. The molecule has 0 aliphatic rings. The van der Waals surface area contributed by atoms with Crippen LogP contribution in [0.4, 0.5) is 10.1 Å².